The number of fused-ring (bicyclic) bond motifs is 1. The molecular formula is C12H20N5O13P3. The predicted octanol–water partition coefficient (Wildman–Crippen LogP) is -1.41. The second-order valence-electron chi connectivity index (χ2n) is 6.53. The number of aromatic nitrogens is 4. The molecule has 1 aliphatic rings. The third-order valence-electron chi connectivity index (χ3n) is 4.26. The highest BCUT2D eigenvalue weighted by Gasteiger charge is 2.47. The zero-order valence-corrected chi connectivity index (χ0v) is 19.6. The Labute approximate surface area is 184 Å². The zero-order valence-electron chi connectivity index (χ0n) is 16.9. The number of nitrogens with two attached hydrogens (primary N) is 1. The van der Waals surface area contributed by atoms with Crippen LogP contribution in [0.15, 0.2) is 11.1 Å². The van der Waals surface area contributed by atoms with Gasteiger partial charge in [0.15, 0.2) is 18.8 Å². The number of aliphatic hydroxyl groups excluding tert-OH is 1. The van der Waals surface area contributed by atoms with Crippen molar-refractivity contribution in [1.29, 1.82) is 0 Å². The van der Waals surface area contributed by atoms with Gasteiger partial charge in [-0.2, -0.15) is 4.31 Å². The number of imidazole rings is 1. The summed E-state index contributed by atoms with van der Waals surface area (Å²) in [6, 6.07) is 0. The quantitative estimate of drug-likeness (QED) is 0.182. The number of phosphoric acid groups is 3. The van der Waals surface area contributed by atoms with Gasteiger partial charge in [0.05, 0.1) is 6.54 Å². The van der Waals surface area contributed by atoms with Crippen LogP contribution in [0.1, 0.15) is 19.6 Å². The summed E-state index contributed by atoms with van der Waals surface area (Å²) < 4.78 is 60.1. The highest BCUT2D eigenvalue weighted by molar-refractivity contribution is 7.66. The first-order valence-corrected chi connectivity index (χ1v) is 13.4. The molecule has 1 fully saturated rings. The molecule has 3 rings (SSSR count). The number of hydrogen-bond donors (Lipinski definition) is 5. The fourth-order valence-electron chi connectivity index (χ4n) is 3.01. The highest BCUT2D eigenvalue weighted by atomic mass is 31.3. The van der Waals surface area contributed by atoms with Crippen molar-refractivity contribution in [2.24, 2.45) is 0 Å². The number of hydrogen-bond acceptors (Lipinski definition) is 13. The van der Waals surface area contributed by atoms with E-state index < -0.39 is 47.6 Å². The number of ether oxygens (including phenoxy) is 1. The molecule has 0 saturated carbocycles. The van der Waals surface area contributed by atoms with Crippen molar-refractivity contribution in [3.8, 4) is 0 Å². The van der Waals surface area contributed by atoms with Crippen molar-refractivity contribution < 1.29 is 60.5 Å². The Balaban J connectivity index is 1.85. The zero-order chi connectivity index (χ0) is 24.8. The van der Waals surface area contributed by atoms with Crippen LogP contribution in [0.4, 0.5) is 5.95 Å². The summed E-state index contributed by atoms with van der Waals surface area (Å²) in [5.74, 6) is -0.183. The highest BCUT2D eigenvalue weighted by Crippen LogP contribution is 2.67. The molecule has 0 spiro atoms. The molecular weight excluding hydrogens is 515 g/mol. The first-order chi connectivity index (χ1) is 15.2. The summed E-state index contributed by atoms with van der Waals surface area (Å²) in [5.41, 5.74) is 5.34. The van der Waals surface area contributed by atoms with E-state index in [-0.39, 0.29) is 23.5 Å². The molecule has 2 aromatic heterocycles. The average molecular weight is 535 g/mol. The van der Waals surface area contributed by atoms with Gasteiger partial charge in [-0.05, 0) is 6.92 Å². The van der Waals surface area contributed by atoms with Gasteiger partial charge in [0.25, 0.3) is 19.3 Å². The van der Waals surface area contributed by atoms with Crippen LogP contribution in [0.25, 0.3) is 11.2 Å². The average Bonchev–Trinajstić information content (AvgIpc) is 3.19. The SMILES string of the molecule is CCn1c[n+]([C@H]2C[C@H](O)[C@@H](OP(=O)(OC)OP(=O)(O)OP(=O)([O-])O)O2)c2nc(N)[nH]c(=O)c21. The lowest BCUT2D eigenvalue weighted by molar-refractivity contribution is -0.740. The van der Waals surface area contributed by atoms with Crippen LogP contribution >= 0.6 is 23.5 Å². The number of nitrogens with one attached hydrogen (secondary N) is 1. The maximum atomic E-state index is 12.6. The smallest absolute Gasteiger partial charge is 0.487 e. The molecule has 1 saturated heterocycles. The van der Waals surface area contributed by atoms with Crippen LogP contribution in [0.3, 0.4) is 0 Å². The van der Waals surface area contributed by atoms with Gasteiger partial charge in [-0.1, -0.05) is 4.98 Å². The Bertz CT molecular complexity index is 1240. The molecule has 0 aliphatic carbocycles. The number of aromatic amines is 1. The molecule has 18 nitrogen and oxygen atoms in total. The van der Waals surface area contributed by atoms with E-state index in [4.69, 9.17) is 19.9 Å². The van der Waals surface area contributed by atoms with Crippen LogP contribution in [0.5, 0.6) is 0 Å². The fraction of sp³-hybridized carbons (Fsp3) is 0.583. The van der Waals surface area contributed by atoms with Crippen molar-refractivity contribution >= 4 is 40.6 Å². The normalized spacial score (nSPS) is 26.7. The summed E-state index contributed by atoms with van der Waals surface area (Å²) in [6.45, 7) is 2.12. The third-order valence-corrected chi connectivity index (χ3v) is 8.45. The molecule has 0 aromatic carbocycles. The summed E-state index contributed by atoms with van der Waals surface area (Å²) in [4.78, 5) is 47.3. The number of anilines is 1. The largest absolute Gasteiger partial charge is 0.756 e. The van der Waals surface area contributed by atoms with E-state index in [1.807, 2.05) is 0 Å². The number of nitrogens with zero attached hydrogens (tertiary/aromatic N) is 3. The van der Waals surface area contributed by atoms with Crippen molar-refractivity contribution in [3.63, 3.8) is 0 Å². The summed E-state index contributed by atoms with van der Waals surface area (Å²) in [7, 11) is -15.8. The predicted molar refractivity (Wildman–Crippen MR) is 103 cm³/mol. The van der Waals surface area contributed by atoms with Gasteiger partial charge >= 0.3 is 21.3 Å². The number of phosphoric ester groups is 1. The first kappa shape index (κ1) is 26.1. The van der Waals surface area contributed by atoms with E-state index in [2.05, 4.69) is 23.1 Å². The maximum Gasteiger partial charge on any atom is 0.487 e. The van der Waals surface area contributed by atoms with Gasteiger partial charge in [0, 0.05) is 13.5 Å². The Kier molecular flexibility index (Phi) is 7.32. The molecule has 2 aromatic rings. The molecule has 186 valence electrons. The van der Waals surface area contributed by atoms with E-state index in [0.717, 1.165) is 7.11 Å². The molecule has 1 aliphatic heterocycles. The van der Waals surface area contributed by atoms with Crippen molar-refractivity contribution in [3.05, 3.63) is 16.7 Å². The van der Waals surface area contributed by atoms with E-state index in [0.29, 0.717) is 6.54 Å². The Hall–Kier alpha value is -1.52. The molecule has 6 atom stereocenters. The second-order valence-corrected chi connectivity index (χ2v) is 11.2. The topological polar surface area (TPSA) is 262 Å². The maximum absolute atomic E-state index is 12.6. The molecule has 21 heteroatoms. The number of aryl methyl sites for hydroxylation is 1. The standard InChI is InChI=1S/C12H20N5O13P3/c1-3-16-5-17(9-8(16)10(19)15-12(13)14-9)7-4-6(18)11(27-7)28-33(25,26-2)30-32(23,24)29-31(20,21)22/h5-7,11,18H,3-4H2,1-2H3,(H5-,13,14,15,19,20,21,22,23,24)/t6-,7+,11+,33?/m0/s1. The molecule has 0 radical (unpaired) electrons. The Morgan fingerprint density at radius 1 is 1.39 bits per heavy atom. The monoisotopic (exact) mass is 535 g/mol. The molecule has 3 unspecified atom stereocenters. The summed E-state index contributed by atoms with van der Waals surface area (Å²) in [5, 5.41) is 10.3. The number of H-pyrrole nitrogens is 1. The van der Waals surface area contributed by atoms with Crippen LogP contribution in [-0.4, -0.2) is 48.9 Å². The minimum Gasteiger partial charge on any atom is -0.756 e. The fourth-order valence-corrected chi connectivity index (χ4v) is 6.40. The van der Waals surface area contributed by atoms with Crippen LogP contribution in [-0.2, 0) is 42.6 Å². The van der Waals surface area contributed by atoms with Crippen LogP contribution in [0.2, 0.25) is 0 Å². The second kappa shape index (κ2) is 9.26. The molecule has 33 heavy (non-hydrogen) atoms. The first-order valence-electron chi connectivity index (χ1n) is 8.93. The van der Waals surface area contributed by atoms with Crippen molar-refractivity contribution in [2.75, 3.05) is 12.8 Å². The van der Waals surface area contributed by atoms with Crippen molar-refractivity contribution in [1.82, 2.24) is 14.5 Å². The van der Waals surface area contributed by atoms with Gasteiger partial charge in [0.2, 0.25) is 5.52 Å². The molecule has 3 heterocycles. The Morgan fingerprint density at radius 2 is 2.06 bits per heavy atom. The lowest BCUT2D eigenvalue weighted by Gasteiger charge is -2.24. The number of aliphatic hydroxyl groups is 1. The van der Waals surface area contributed by atoms with Crippen molar-refractivity contribution in [2.45, 2.75) is 38.5 Å². The van der Waals surface area contributed by atoms with Gasteiger partial charge in [-0.15, -0.1) is 0 Å². The van der Waals surface area contributed by atoms with E-state index in [1.165, 1.54) is 15.5 Å². The van der Waals surface area contributed by atoms with Crippen LogP contribution in [0, 0.1) is 0 Å². The van der Waals surface area contributed by atoms with E-state index in [1.54, 1.807) is 6.92 Å². The van der Waals surface area contributed by atoms with Gasteiger partial charge in [0.1, 0.15) is 6.10 Å². The van der Waals surface area contributed by atoms with Gasteiger partial charge < -0.3 is 30.3 Å². The molecule has 6 N–H and O–H groups in total. The lowest BCUT2D eigenvalue weighted by atomic mass is 10.3. The minimum atomic E-state index is -5.77. The number of rotatable bonds is 9. The third kappa shape index (κ3) is 5.95. The summed E-state index contributed by atoms with van der Waals surface area (Å²) in [6.07, 6.45) is -3.06. The van der Waals surface area contributed by atoms with Gasteiger partial charge in [-0.3, -0.25) is 28.0 Å². The molecule has 0 amide bonds. The Morgan fingerprint density at radius 3 is 2.64 bits per heavy atom. The summed E-state index contributed by atoms with van der Waals surface area (Å²) >= 11 is 0. The van der Waals surface area contributed by atoms with E-state index >= 15 is 0 Å². The van der Waals surface area contributed by atoms with Gasteiger partial charge in [-0.25, -0.2) is 18.0 Å². The lowest BCUT2D eigenvalue weighted by Crippen LogP contribution is -2.39. The minimum absolute atomic E-state index is 0.101. The number of nitrogen functional groups attached to an aromatic ring is 1. The molecule has 0 bridgehead atoms. The van der Waals surface area contributed by atoms with E-state index in [9.17, 15) is 33.4 Å². The van der Waals surface area contributed by atoms with Crippen LogP contribution < -0.4 is 20.8 Å².